The number of benzene rings is 1. The Hall–Kier alpha value is -2.31. The SMILES string of the molecule is CCCOc1c(Cl)cc(C2C3=C(CCCC3=O)N(CCC(=O)[O-])C3=C2C(=O)CCC3)cc1Cl. The second-order valence-electron chi connectivity index (χ2n) is 8.64. The van der Waals surface area contributed by atoms with Crippen molar-refractivity contribution in [2.24, 2.45) is 0 Å². The molecule has 1 aliphatic heterocycles. The maximum atomic E-state index is 13.2. The van der Waals surface area contributed by atoms with Crippen LogP contribution in [0.1, 0.15) is 69.8 Å². The van der Waals surface area contributed by atoms with Crippen molar-refractivity contribution in [3.63, 3.8) is 0 Å². The lowest BCUT2D eigenvalue weighted by atomic mass is 9.71. The highest BCUT2D eigenvalue weighted by molar-refractivity contribution is 6.37. The first-order chi connectivity index (χ1) is 15.8. The van der Waals surface area contributed by atoms with Gasteiger partial charge in [0.05, 0.1) is 16.7 Å². The standard InChI is InChI=1S/C25H27Cl2NO5/c1-2-11-33-25-15(26)12-14(13-16(25)27)22-23-17(5-3-7-19(23)29)28(10-9-21(31)32)18-6-4-8-20(30)24(18)22/h12-13,22H,2-11H2,1H3,(H,31,32)/p-1. The molecule has 8 heteroatoms. The Morgan fingerprint density at radius 2 is 1.58 bits per heavy atom. The molecule has 1 aromatic carbocycles. The number of hydrogen-bond donors (Lipinski definition) is 0. The van der Waals surface area contributed by atoms with E-state index < -0.39 is 11.9 Å². The van der Waals surface area contributed by atoms with Gasteiger partial charge in [0.25, 0.3) is 0 Å². The Bertz CT molecular complexity index is 1010. The molecule has 1 heterocycles. The first-order valence-corrected chi connectivity index (χ1v) is 12.2. The summed E-state index contributed by atoms with van der Waals surface area (Å²) in [6.07, 6.45) is 4.07. The van der Waals surface area contributed by atoms with Crippen molar-refractivity contribution < 1.29 is 24.2 Å². The van der Waals surface area contributed by atoms with Gasteiger partial charge in [-0.3, -0.25) is 9.59 Å². The van der Waals surface area contributed by atoms with E-state index in [1.54, 1.807) is 12.1 Å². The van der Waals surface area contributed by atoms with Gasteiger partial charge >= 0.3 is 0 Å². The Morgan fingerprint density at radius 1 is 1.03 bits per heavy atom. The molecule has 1 aromatic rings. The lowest BCUT2D eigenvalue weighted by Gasteiger charge is -2.44. The van der Waals surface area contributed by atoms with Crippen molar-refractivity contribution in [1.82, 2.24) is 4.90 Å². The number of ketones is 2. The van der Waals surface area contributed by atoms with E-state index in [1.807, 2.05) is 11.8 Å². The number of carbonyl (C=O) groups excluding carboxylic acids is 3. The number of halogens is 2. The molecule has 176 valence electrons. The van der Waals surface area contributed by atoms with Gasteiger partial charge in [-0.25, -0.2) is 0 Å². The highest BCUT2D eigenvalue weighted by Gasteiger charge is 2.43. The van der Waals surface area contributed by atoms with Crippen LogP contribution in [-0.2, 0) is 14.4 Å². The molecule has 0 N–H and O–H groups in total. The molecule has 0 saturated heterocycles. The molecule has 4 rings (SSSR count). The van der Waals surface area contributed by atoms with Gasteiger partial charge in [-0.2, -0.15) is 0 Å². The summed E-state index contributed by atoms with van der Waals surface area (Å²) in [5, 5.41) is 11.9. The molecule has 0 fully saturated rings. The number of nitrogens with zero attached hydrogens (tertiary/aromatic N) is 1. The summed E-state index contributed by atoms with van der Waals surface area (Å²) in [7, 11) is 0. The Morgan fingerprint density at radius 3 is 2.06 bits per heavy atom. The summed E-state index contributed by atoms with van der Waals surface area (Å²) in [5.74, 6) is -1.38. The van der Waals surface area contributed by atoms with Gasteiger partial charge in [-0.15, -0.1) is 0 Å². The smallest absolute Gasteiger partial charge is 0.161 e. The molecule has 33 heavy (non-hydrogen) atoms. The molecule has 0 atom stereocenters. The summed E-state index contributed by atoms with van der Waals surface area (Å²) < 4.78 is 5.69. The zero-order chi connectivity index (χ0) is 23.7. The fourth-order valence-electron chi connectivity index (χ4n) is 5.11. The van der Waals surface area contributed by atoms with Crippen molar-refractivity contribution in [2.45, 2.75) is 64.2 Å². The van der Waals surface area contributed by atoms with Crippen LogP contribution in [0.5, 0.6) is 5.75 Å². The van der Waals surface area contributed by atoms with Crippen LogP contribution in [0.4, 0.5) is 0 Å². The molecule has 0 spiro atoms. The number of carboxylic acid groups (broad SMARTS) is 1. The van der Waals surface area contributed by atoms with Crippen LogP contribution in [-0.4, -0.2) is 35.6 Å². The molecule has 0 bridgehead atoms. The number of carboxylic acids is 1. The number of ether oxygens (including phenoxy) is 1. The fraction of sp³-hybridized carbons (Fsp3) is 0.480. The van der Waals surface area contributed by atoms with Crippen molar-refractivity contribution >= 4 is 40.7 Å². The van der Waals surface area contributed by atoms with Gasteiger partial charge < -0.3 is 19.5 Å². The monoisotopic (exact) mass is 490 g/mol. The third-order valence-corrected chi connectivity index (χ3v) is 6.99. The minimum Gasteiger partial charge on any atom is -0.550 e. The average Bonchev–Trinajstić information content (AvgIpc) is 2.76. The topological polar surface area (TPSA) is 86.7 Å². The fourth-order valence-corrected chi connectivity index (χ4v) is 5.72. The molecule has 0 aromatic heterocycles. The zero-order valence-corrected chi connectivity index (χ0v) is 20.1. The third kappa shape index (κ3) is 4.56. The summed E-state index contributed by atoms with van der Waals surface area (Å²) in [4.78, 5) is 39.5. The van der Waals surface area contributed by atoms with Crippen LogP contribution >= 0.6 is 23.2 Å². The van der Waals surface area contributed by atoms with Crippen molar-refractivity contribution in [2.75, 3.05) is 13.2 Å². The molecule has 6 nitrogen and oxygen atoms in total. The van der Waals surface area contributed by atoms with E-state index in [2.05, 4.69) is 0 Å². The molecule has 3 aliphatic rings. The number of allylic oxidation sites excluding steroid dienone is 4. The van der Waals surface area contributed by atoms with E-state index in [9.17, 15) is 19.5 Å². The first kappa shape index (κ1) is 23.8. The highest BCUT2D eigenvalue weighted by atomic mass is 35.5. The van der Waals surface area contributed by atoms with Crippen LogP contribution in [0.3, 0.4) is 0 Å². The minimum absolute atomic E-state index is 0.0248. The van der Waals surface area contributed by atoms with Crippen LogP contribution < -0.4 is 9.84 Å². The number of hydrogen-bond acceptors (Lipinski definition) is 6. The van der Waals surface area contributed by atoms with E-state index in [0.29, 0.717) is 77.6 Å². The number of carbonyl (C=O) groups is 3. The summed E-state index contributed by atoms with van der Waals surface area (Å²) in [5.41, 5.74) is 3.42. The largest absolute Gasteiger partial charge is 0.550 e. The normalized spacial score (nSPS) is 19.1. The molecule has 0 saturated carbocycles. The molecule has 0 unspecified atom stereocenters. The van der Waals surface area contributed by atoms with Gasteiger partial charge in [0.1, 0.15) is 0 Å². The van der Waals surface area contributed by atoms with E-state index in [0.717, 1.165) is 17.8 Å². The van der Waals surface area contributed by atoms with Crippen LogP contribution in [0, 0.1) is 0 Å². The zero-order valence-electron chi connectivity index (χ0n) is 18.5. The Balaban J connectivity index is 1.88. The molecule has 0 radical (unpaired) electrons. The van der Waals surface area contributed by atoms with E-state index in [-0.39, 0.29) is 24.5 Å². The Labute approximate surface area is 203 Å². The number of rotatable bonds is 7. The highest BCUT2D eigenvalue weighted by Crippen LogP contribution is 2.50. The second kappa shape index (κ2) is 9.90. The summed E-state index contributed by atoms with van der Waals surface area (Å²) >= 11 is 13.1. The Kier molecular flexibility index (Phi) is 7.15. The van der Waals surface area contributed by atoms with Crippen molar-refractivity contribution in [1.29, 1.82) is 0 Å². The predicted octanol–water partition coefficient (Wildman–Crippen LogP) is 4.34. The van der Waals surface area contributed by atoms with E-state index >= 15 is 0 Å². The summed E-state index contributed by atoms with van der Waals surface area (Å²) in [6, 6.07) is 3.47. The van der Waals surface area contributed by atoms with Gasteiger partial charge in [0.15, 0.2) is 17.3 Å². The lowest BCUT2D eigenvalue weighted by Crippen LogP contribution is -2.40. The third-order valence-electron chi connectivity index (χ3n) is 6.43. The van der Waals surface area contributed by atoms with Gasteiger partial charge in [-0.05, 0) is 49.8 Å². The second-order valence-corrected chi connectivity index (χ2v) is 9.46. The van der Waals surface area contributed by atoms with Crippen molar-refractivity contribution in [3.8, 4) is 5.75 Å². The van der Waals surface area contributed by atoms with Crippen molar-refractivity contribution in [3.05, 3.63) is 50.3 Å². The lowest BCUT2D eigenvalue weighted by molar-refractivity contribution is -0.305. The van der Waals surface area contributed by atoms with Crippen LogP contribution in [0.2, 0.25) is 10.0 Å². The van der Waals surface area contributed by atoms with Gasteiger partial charge in [0.2, 0.25) is 0 Å². The predicted molar refractivity (Wildman–Crippen MR) is 123 cm³/mol. The molecular formula is C25H26Cl2NO5-. The molecular weight excluding hydrogens is 465 g/mol. The van der Waals surface area contributed by atoms with E-state index in [1.165, 1.54) is 0 Å². The summed E-state index contributed by atoms with van der Waals surface area (Å²) in [6.45, 7) is 2.63. The van der Waals surface area contributed by atoms with Gasteiger partial charge in [-0.1, -0.05) is 30.1 Å². The molecule has 2 aliphatic carbocycles. The minimum atomic E-state index is -1.16. The molecule has 0 amide bonds. The first-order valence-electron chi connectivity index (χ1n) is 11.4. The maximum Gasteiger partial charge on any atom is 0.161 e. The van der Waals surface area contributed by atoms with Crippen LogP contribution in [0.15, 0.2) is 34.7 Å². The quantitative estimate of drug-likeness (QED) is 0.564. The average molecular weight is 491 g/mol. The van der Waals surface area contributed by atoms with Gasteiger partial charge in [0, 0.05) is 60.2 Å². The number of Topliss-reactive ketones (excluding diaryl/α,β-unsaturated/α-hetero) is 2. The van der Waals surface area contributed by atoms with E-state index in [4.69, 9.17) is 27.9 Å². The maximum absolute atomic E-state index is 13.2. The van der Waals surface area contributed by atoms with Crippen LogP contribution in [0.25, 0.3) is 0 Å². The number of aliphatic carboxylic acids is 1.